The first-order valence-corrected chi connectivity index (χ1v) is 9.39. The largest absolute Gasteiger partial charge is 0.334 e. The molecule has 0 radical (unpaired) electrons. The summed E-state index contributed by atoms with van der Waals surface area (Å²) in [6, 6.07) is 1.74. The molecular formula is C14H17ClFN3O4S. The minimum Gasteiger partial charge on any atom is -0.334 e. The Hall–Kier alpha value is -1.87. The zero-order valence-corrected chi connectivity index (χ0v) is 14.4. The van der Waals surface area contributed by atoms with Gasteiger partial charge in [-0.15, -0.1) is 0 Å². The van der Waals surface area contributed by atoms with Crippen LogP contribution in [0.2, 0.25) is 5.02 Å². The van der Waals surface area contributed by atoms with Crippen molar-refractivity contribution in [2.45, 2.75) is 25.4 Å². The lowest BCUT2D eigenvalue weighted by Gasteiger charge is -2.17. The van der Waals surface area contributed by atoms with Gasteiger partial charge in [-0.3, -0.25) is 4.79 Å². The zero-order chi connectivity index (χ0) is 17.9. The highest BCUT2D eigenvalue weighted by Gasteiger charge is 2.29. The number of benzene rings is 1. The van der Waals surface area contributed by atoms with Gasteiger partial charge in [-0.25, -0.2) is 17.6 Å². The first-order valence-electron chi connectivity index (χ1n) is 7.19. The van der Waals surface area contributed by atoms with Crippen LogP contribution in [-0.2, 0) is 14.6 Å². The summed E-state index contributed by atoms with van der Waals surface area (Å²) in [5.74, 6) is -1.19. The van der Waals surface area contributed by atoms with Crippen LogP contribution in [0, 0.1) is 5.82 Å². The quantitative estimate of drug-likeness (QED) is 0.735. The number of nitrogens with one attached hydrogen (secondary N) is 3. The molecule has 3 amide bonds. The number of halogens is 2. The number of hydrogen-bond acceptors (Lipinski definition) is 4. The summed E-state index contributed by atoms with van der Waals surface area (Å²) in [6.45, 7) is 1.46. The number of amides is 3. The van der Waals surface area contributed by atoms with Crippen LogP contribution >= 0.6 is 11.6 Å². The van der Waals surface area contributed by atoms with Gasteiger partial charge in [0.2, 0.25) is 5.91 Å². The summed E-state index contributed by atoms with van der Waals surface area (Å²) in [7, 11) is -3.10. The molecule has 0 saturated carbocycles. The molecule has 2 rings (SSSR count). The zero-order valence-electron chi connectivity index (χ0n) is 12.8. The van der Waals surface area contributed by atoms with E-state index in [-0.39, 0.29) is 16.5 Å². The Kier molecular flexibility index (Phi) is 5.66. The number of sulfone groups is 1. The third-order valence-corrected chi connectivity index (χ3v) is 5.55. The maximum absolute atomic E-state index is 13.1. The maximum Gasteiger partial charge on any atom is 0.315 e. The molecule has 3 N–H and O–H groups in total. The maximum atomic E-state index is 13.1. The number of hydrogen-bond donors (Lipinski definition) is 3. The van der Waals surface area contributed by atoms with Gasteiger partial charge < -0.3 is 16.0 Å². The molecule has 2 unspecified atom stereocenters. The molecule has 10 heteroatoms. The number of carbonyl (C=O) groups is 2. The van der Waals surface area contributed by atoms with Crippen molar-refractivity contribution < 1.29 is 22.4 Å². The highest BCUT2D eigenvalue weighted by Crippen LogP contribution is 2.19. The van der Waals surface area contributed by atoms with Crippen LogP contribution in [-0.4, -0.2) is 43.9 Å². The average molecular weight is 378 g/mol. The van der Waals surface area contributed by atoms with Crippen LogP contribution in [0.25, 0.3) is 0 Å². The molecule has 1 aliphatic heterocycles. The van der Waals surface area contributed by atoms with Gasteiger partial charge in [-0.1, -0.05) is 11.6 Å². The van der Waals surface area contributed by atoms with Crippen LogP contribution < -0.4 is 16.0 Å². The molecule has 7 nitrogen and oxygen atoms in total. The first kappa shape index (κ1) is 18.5. The summed E-state index contributed by atoms with van der Waals surface area (Å²) in [4.78, 5) is 23.8. The Morgan fingerprint density at radius 1 is 1.38 bits per heavy atom. The Morgan fingerprint density at radius 2 is 2.08 bits per heavy atom. The molecule has 0 aliphatic carbocycles. The van der Waals surface area contributed by atoms with Crippen molar-refractivity contribution >= 4 is 39.1 Å². The molecule has 1 aromatic rings. The SMILES string of the molecule is CC(NC(=O)NC1CCS(=O)(=O)C1)C(=O)Nc1ccc(F)c(Cl)c1. The van der Waals surface area contributed by atoms with Gasteiger partial charge >= 0.3 is 6.03 Å². The van der Waals surface area contributed by atoms with E-state index in [0.717, 1.165) is 6.07 Å². The summed E-state index contributed by atoms with van der Waals surface area (Å²) in [6.07, 6.45) is 0.352. The predicted octanol–water partition coefficient (Wildman–Crippen LogP) is 1.29. The second kappa shape index (κ2) is 7.35. The predicted molar refractivity (Wildman–Crippen MR) is 88.2 cm³/mol. The first-order chi connectivity index (χ1) is 11.2. The van der Waals surface area contributed by atoms with E-state index in [9.17, 15) is 22.4 Å². The van der Waals surface area contributed by atoms with Gasteiger partial charge in [-0.2, -0.15) is 0 Å². The van der Waals surface area contributed by atoms with Crippen molar-refractivity contribution in [1.82, 2.24) is 10.6 Å². The van der Waals surface area contributed by atoms with Gasteiger partial charge in [0.25, 0.3) is 0 Å². The standard InChI is InChI=1S/C14H17ClFN3O4S/c1-8(13(20)18-9-2-3-12(16)11(15)6-9)17-14(21)19-10-4-5-24(22,23)7-10/h2-3,6,8,10H,4-5,7H2,1H3,(H,18,20)(H2,17,19,21). The summed E-state index contributed by atoms with van der Waals surface area (Å²) in [5.41, 5.74) is 0.294. The molecule has 2 atom stereocenters. The fourth-order valence-electron chi connectivity index (χ4n) is 2.22. The third kappa shape index (κ3) is 5.07. The van der Waals surface area contributed by atoms with Gasteiger partial charge in [0, 0.05) is 11.7 Å². The molecule has 0 spiro atoms. The Balaban J connectivity index is 1.84. The number of rotatable bonds is 4. The molecule has 1 aliphatic rings. The molecule has 1 heterocycles. The van der Waals surface area contributed by atoms with Gasteiger partial charge in [0.1, 0.15) is 11.9 Å². The summed E-state index contributed by atoms with van der Waals surface area (Å²) >= 11 is 5.62. The fourth-order valence-corrected chi connectivity index (χ4v) is 4.08. The number of urea groups is 1. The normalized spacial score (nSPS) is 20.2. The lowest BCUT2D eigenvalue weighted by atomic mass is 10.2. The van der Waals surface area contributed by atoms with E-state index in [2.05, 4.69) is 16.0 Å². The van der Waals surface area contributed by atoms with Gasteiger partial charge in [0.15, 0.2) is 9.84 Å². The van der Waals surface area contributed by atoms with E-state index < -0.39 is 39.7 Å². The summed E-state index contributed by atoms with van der Waals surface area (Å²) in [5, 5.41) is 7.30. The lowest BCUT2D eigenvalue weighted by molar-refractivity contribution is -0.117. The number of carbonyl (C=O) groups excluding carboxylic acids is 2. The Bertz CT molecular complexity index is 756. The molecule has 1 aromatic carbocycles. The molecule has 24 heavy (non-hydrogen) atoms. The number of anilines is 1. The van der Waals surface area contributed by atoms with E-state index in [1.54, 1.807) is 0 Å². The molecular weight excluding hydrogens is 361 g/mol. The highest BCUT2D eigenvalue weighted by atomic mass is 35.5. The van der Waals surface area contributed by atoms with Crippen molar-refractivity contribution in [3.05, 3.63) is 29.0 Å². The monoisotopic (exact) mass is 377 g/mol. The van der Waals surface area contributed by atoms with Crippen LogP contribution in [0.4, 0.5) is 14.9 Å². The minimum absolute atomic E-state index is 0.0410. The Morgan fingerprint density at radius 3 is 2.67 bits per heavy atom. The van der Waals surface area contributed by atoms with Crippen molar-refractivity contribution in [3.8, 4) is 0 Å². The Labute approximate surface area is 143 Å². The average Bonchev–Trinajstić information content (AvgIpc) is 2.81. The van der Waals surface area contributed by atoms with Gasteiger partial charge in [0.05, 0.1) is 16.5 Å². The summed E-state index contributed by atoms with van der Waals surface area (Å²) < 4.78 is 35.7. The van der Waals surface area contributed by atoms with Crippen LogP contribution in [0.1, 0.15) is 13.3 Å². The van der Waals surface area contributed by atoms with Crippen LogP contribution in [0.5, 0.6) is 0 Å². The smallest absolute Gasteiger partial charge is 0.315 e. The molecule has 0 bridgehead atoms. The molecule has 0 aromatic heterocycles. The molecule has 1 fully saturated rings. The van der Waals surface area contributed by atoms with Gasteiger partial charge in [-0.05, 0) is 31.5 Å². The second-order valence-corrected chi connectivity index (χ2v) is 8.19. The lowest BCUT2D eigenvalue weighted by Crippen LogP contribution is -2.49. The van der Waals surface area contributed by atoms with E-state index in [4.69, 9.17) is 11.6 Å². The topological polar surface area (TPSA) is 104 Å². The minimum atomic E-state index is -3.10. The van der Waals surface area contributed by atoms with E-state index in [1.807, 2.05) is 0 Å². The van der Waals surface area contributed by atoms with Crippen molar-refractivity contribution in [2.75, 3.05) is 16.8 Å². The van der Waals surface area contributed by atoms with E-state index >= 15 is 0 Å². The van der Waals surface area contributed by atoms with Crippen molar-refractivity contribution in [2.24, 2.45) is 0 Å². The van der Waals surface area contributed by atoms with Crippen LogP contribution in [0.15, 0.2) is 18.2 Å². The fraction of sp³-hybridized carbons (Fsp3) is 0.429. The van der Waals surface area contributed by atoms with Crippen molar-refractivity contribution in [3.63, 3.8) is 0 Å². The third-order valence-electron chi connectivity index (χ3n) is 3.50. The second-order valence-electron chi connectivity index (χ2n) is 5.56. The van der Waals surface area contributed by atoms with E-state index in [0.29, 0.717) is 12.1 Å². The molecule has 1 saturated heterocycles. The highest BCUT2D eigenvalue weighted by molar-refractivity contribution is 7.91. The van der Waals surface area contributed by atoms with E-state index in [1.165, 1.54) is 19.1 Å². The molecule has 132 valence electrons. The van der Waals surface area contributed by atoms with Crippen LogP contribution in [0.3, 0.4) is 0 Å². The van der Waals surface area contributed by atoms with Crippen molar-refractivity contribution in [1.29, 1.82) is 0 Å².